The maximum absolute atomic E-state index is 13.0. The van der Waals surface area contributed by atoms with E-state index in [1.165, 1.54) is 19.3 Å². The second kappa shape index (κ2) is 8.14. The number of fused-ring (bicyclic) bond motifs is 4. The van der Waals surface area contributed by atoms with Crippen LogP contribution in [0, 0.1) is 40.4 Å². The zero-order valence-corrected chi connectivity index (χ0v) is 19.9. The molecule has 0 radical (unpaired) electrons. The van der Waals surface area contributed by atoms with Crippen molar-refractivity contribution < 1.29 is 24.9 Å². The van der Waals surface area contributed by atoms with E-state index in [0.717, 1.165) is 42.9 Å². The molecular weight excluding hydrogens is 392 g/mol. The second-order valence-electron chi connectivity index (χ2n) is 11.9. The van der Waals surface area contributed by atoms with Crippen molar-refractivity contribution in [2.75, 3.05) is 0 Å². The first-order valence-electron chi connectivity index (χ1n) is 12.5. The molecule has 5 heteroatoms. The lowest BCUT2D eigenvalue weighted by molar-refractivity contribution is -0.189. The molecule has 4 rings (SSSR count). The Labute approximate surface area is 187 Å². The lowest BCUT2D eigenvalue weighted by Crippen LogP contribution is -2.61. The Morgan fingerprint density at radius 3 is 2.45 bits per heavy atom. The second-order valence-corrected chi connectivity index (χ2v) is 11.9. The van der Waals surface area contributed by atoms with Crippen molar-refractivity contribution in [1.29, 1.82) is 0 Å². The molecule has 176 valence electrons. The van der Waals surface area contributed by atoms with Gasteiger partial charge in [-0.25, -0.2) is 0 Å². The number of carbonyl (C=O) groups is 1. The number of hydrogen-bond donors (Lipinski definition) is 3. The van der Waals surface area contributed by atoms with Crippen molar-refractivity contribution >= 4 is 5.97 Å². The van der Waals surface area contributed by atoms with Crippen LogP contribution in [-0.2, 0) is 9.53 Å². The first-order chi connectivity index (χ1) is 14.5. The zero-order valence-electron chi connectivity index (χ0n) is 19.9. The van der Waals surface area contributed by atoms with Crippen molar-refractivity contribution in [2.45, 2.75) is 104 Å². The van der Waals surface area contributed by atoms with Crippen LogP contribution < -0.4 is 0 Å². The van der Waals surface area contributed by atoms with Crippen LogP contribution in [0.2, 0.25) is 0 Å². The van der Waals surface area contributed by atoms with Gasteiger partial charge in [0.05, 0.1) is 18.1 Å². The van der Waals surface area contributed by atoms with Crippen LogP contribution >= 0.6 is 0 Å². The summed E-state index contributed by atoms with van der Waals surface area (Å²) in [6.45, 7) is 11.3. The van der Waals surface area contributed by atoms with E-state index in [-0.39, 0.29) is 23.7 Å². The number of aliphatic hydroxyl groups is 3. The highest BCUT2D eigenvalue weighted by Gasteiger charge is 2.63. The fraction of sp³-hybridized carbons (Fsp3) is 0.885. The number of esters is 1. The minimum atomic E-state index is -1.23. The van der Waals surface area contributed by atoms with Gasteiger partial charge < -0.3 is 20.1 Å². The van der Waals surface area contributed by atoms with Gasteiger partial charge >= 0.3 is 5.97 Å². The van der Waals surface area contributed by atoms with E-state index in [9.17, 15) is 20.1 Å². The summed E-state index contributed by atoms with van der Waals surface area (Å²) in [7, 11) is 0. The summed E-state index contributed by atoms with van der Waals surface area (Å²) in [5.41, 5.74) is 0.272. The van der Waals surface area contributed by atoms with E-state index in [0.29, 0.717) is 11.8 Å². The molecule has 2 fully saturated rings. The molecule has 0 aromatic heterocycles. The maximum atomic E-state index is 13.0. The van der Waals surface area contributed by atoms with Crippen LogP contribution in [0.1, 0.15) is 86.0 Å². The van der Waals surface area contributed by atoms with Gasteiger partial charge in [0.15, 0.2) is 0 Å². The number of allylic oxidation sites excluding steroid dienone is 1. The molecule has 9 atom stereocenters. The Morgan fingerprint density at radius 2 is 1.77 bits per heavy atom. The predicted molar refractivity (Wildman–Crippen MR) is 119 cm³/mol. The SMILES string of the molecule is CC(C)CCCC(C)[C@H]1CC[C@H]2C3=C(CC[C@]12C)[C@]1(C)C(C[C@H](O)[C@H](O)[C@@H]1O)C(=O)O3. The van der Waals surface area contributed by atoms with Gasteiger partial charge in [0, 0.05) is 11.3 Å². The van der Waals surface area contributed by atoms with E-state index in [2.05, 4.69) is 27.7 Å². The molecule has 0 aromatic carbocycles. The highest BCUT2D eigenvalue weighted by atomic mass is 16.5. The third kappa shape index (κ3) is 3.50. The summed E-state index contributed by atoms with van der Waals surface area (Å²) >= 11 is 0. The largest absolute Gasteiger partial charge is 0.431 e. The number of carbonyl (C=O) groups excluding carboxylic acids is 1. The first kappa shape index (κ1) is 23.3. The third-order valence-corrected chi connectivity index (χ3v) is 9.74. The molecule has 2 saturated carbocycles. The van der Waals surface area contributed by atoms with Crippen molar-refractivity contribution in [1.82, 2.24) is 0 Å². The molecular formula is C26H42O5. The van der Waals surface area contributed by atoms with Crippen LogP contribution in [0.3, 0.4) is 0 Å². The predicted octanol–water partition coefficient (Wildman–Crippen LogP) is 4.19. The number of aliphatic hydroxyl groups excluding tert-OH is 3. The van der Waals surface area contributed by atoms with Crippen molar-refractivity contribution in [2.24, 2.45) is 40.4 Å². The highest BCUT2D eigenvalue weighted by Crippen LogP contribution is 2.64. The van der Waals surface area contributed by atoms with Crippen molar-refractivity contribution in [3.05, 3.63) is 11.3 Å². The lowest BCUT2D eigenvalue weighted by Gasteiger charge is -2.55. The molecule has 0 aromatic rings. The maximum Gasteiger partial charge on any atom is 0.315 e. The lowest BCUT2D eigenvalue weighted by atomic mass is 9.53. The monoisotopic (exact) mass is 434 g/mol. The van der Waals surface area contributed by atoms with Crippen LogP contribution in [0.4, 0.5) is 0 Å². The molecule has 3 aliphatic carbocycles. The first-order valence-corrected chi connectivity index (χ1v) is 12.5. The normalized spacial score (nSPS) is 45.8. The standard InChI is InChI=1S/C26H42O5/c1-14(2)7-6-8-15(3)16-9-10-17-22-18(11-12-25(16,17)4)26(5)19(24(30)31-22)13-20(27)21(28)23(26)29/h14-17,19-21,23,27-29H,6-13H2,1-5H3/t15?,16-,17+,19?,20+,21+,23+,25-,26-/m1/s1. The number of ether oxygens (including phenoxy) is 1. The summed E-state index contributed by atoms with van der Waals surface area (Å²) in [4.78, 5) is 13.0. The van der Waals surface area contributed by atoms with Gasteiger partial charge in [-0.3, -0.25) is 4.79 Å². The van der Waals surface area contributed by atoms with E-state index < -0.39 is 29.6 Å². The fourth-order valence-corrected chi connectivity index (χ4v) is 7.74. The van der Waals surface area contributed by atoms with Gasteiger partial charge in [0.1, 0.15) is 11.9 Å². The Bertz CT molecular complexity index is 744. The summed E-state index contributed by atoms with van der Waals surface area (Å²) in [5.74, 6) is 2.05. The van der Waals surface area contributed by atoms with Crippen molar-refractivity contribution in [3.63, 3.8) is 0 Å². The number of hydrogen-bond acceptors (Lipinski definition) is 5. The van der Waals surface area contributed by atoms with Gasteiger partial charge in [0.25, 0.3) is 0 Å². The highest BCUT2D eigenvalue weighted by molar-refractivity contribution is 5.78. The quantitative estimate of drug-likeness (QED) is 0.565. The molecule has 0 saturated heterocycles. The summed E-state index contributed by atoms with van der Waals surface area (Å²) in [5, 5.41) is 31.6. The number of rotatable bonds is 5. The minimum Gasteiger partial charge on any atom is -0.431 e. The van der Waals surface area contributed by atoms with Gasteiger partial charge in [-0.1, -0.05) is 53.9 Å². The van der Waals surface area contributed by atoms with Gasteiger partial charge in [0.2, 0.25) is 0 Å². The molecule has 0 bridgehead atoms. The van der Waals surface area contributed by atoms with Gasteiger partial charge in [-0.2, -0.15) is 0 Å². The Kier molecular flexibility index (Phi) is 6.11. The van der Waals surface area contributed by atoms with E-state index in [1.807, 2.05) is 6.92 Å². The van der Waals surface area contributed by atoms with Gasteiger partial charge in [-0.15, -0.1) is 0 Å². The molecule has 1 aliphatic heterocycles. The molecule has 3 N–H and O–H groups in total. The smallest absolute Gasteiger partial charge is 0.315 e. The van der Waals surface area contributed by atoms with E-state index >= 15 is 0 Å². The summed E-state index contributed by atoms with van der Waals surface area (Å²) < 4.78 is 6.01. The molecule has 1 heterocycles. The van der Waals surface area contributed by atoms with Crippen LogP contribution in [-0.4, -0.2) is 39.6 Å². The third-order valence-electron chi connectivity index (χ3n) is 9.74. The van der Waals surface area contributed by atoms with Crippen molar-refractivity contribution in [3.8, 4) is 0 Å². The summed E-state index contributed by atoms with van der Waals surface area (Å²) in [6, 6.07) is 0. The average Bonchev–Trinajstić information content (AvgIpc) is 3.06. The van der Waals surface area contributed by atoms with Crippen LogP contribution in [0.25, 0.3) is 0 Å². The average molecular weight is 435 g/mol. The minimum absolute atomic E-state index is 0.108. The molecule has 5 nitrogen and oxygen atoms in total. The topological polar surface area (TPSA) is 87.0 Å². The molecule has 0 amide bonds. The molecule has 2 unspecified atom stereocenters. The Morgan fingerprint density at radius 1 is 1.06 bits per heavy atom. The van der Waals surface area contributed by atoms with E-state index in [1.54, 1.807) is 0 Å². The molecule has 0 spiro atoms. The fourth-order valence-electron chi connectivity index (χ4n) is 7.74. The Balaban J connectivity index is 1.62. The Hall–Kier alpha value is -0.910. The van der Waals surface area contributed by atoms with E-state index in [4.69, 9.17) is 4.74 Å². The summed E-state index contributed by atoms with van der Waals surface area (Å²) in [6.07, 6.45) is 4.44. The van der Waals surface area contributed by atoms with Gasteiger partial charge in [-0.05, 0) is 60.8 Å². The van der Waals surface area contributed by atoms with Crippen LogP contribution in [0.15, 0.2) is 11.3 Å². The molecule has 4 aliphatic rings. The molecule has 31 heavy (non-hydrogen) atoms. The van der Waals surface area contributed by atoms with Crippen LogP contribution in [0.5, 0.6) is 0 Å². The zero-order chi connectivity index (χ0) is 22.7.